The molecule has 3 rings (SSSR count). The second kappa shape index (κ2) is 3.16. The molecule has 0 amide bonds. The Kier molecular flexibility index (Phi) is 1.71. The van der Waals surface area contributed by atoms with Crippen molar-refractivity contribution in [3.63, 3.8) is 0 Å². The molecule has 0 spiro atoms. The van der Waals surface area contributed by atoms with Gasteiger partial charge in [0.05, 0.1) is 23.6 Å². The molecule has 0 bridgehead atoms. The second-order valence-electron chi connectivity index (χ2n) is 3.27. The maximum atomic E-state index is 4.50. The zero-order chi connectivity index (χ0) is 10.1. The van der Waals surface area contributed by atoms with Gasteiger partial charge in [-0.1, -0.05) is 18.2 Å². The highest BCUT2D eigenvalue weighted by atomic mass is 15.5. The molecule has 2 aromatic rings. The molecule has 1 aliphatic heterocycles. The number of hydrogen-bond acceptors (Lipinski definition) is 4. The van der Waals surface area contributed by atoms with Crippen LogP contribution in [0.25, 0.3) is 10.9 Å². The number of pyridine rings is 1. The Morgan fingerprint density at radius 3 is 2.87 bits per heavy atom. The van der Waals surface area contributed by atoms with E-state index in [2.05, 4.69) is 26.8 Å². The maximum absolute atomic E-state index is 4.50. The SMILES string of the molecule is C1=NNN=Cc2nc3ccccc3cc21. The van der Waals surface area contributed by atoms with E-state index < -0.39 is 0 Å². The molecule has 0 aliphatic carbocycles. The van der Waals surface area contributed by atoms with Crippen molar-refractivity contribution in [2.75, 3.05) is 0 Å². The maximum Gasteiger partial charge on any atom is 0.0927 e. The standard InChI is InChI=1S/C11H8N4/c1-2-4-10-8(3-1)5-9-6-12-15-13-7-11(9)14-10/h1-7,15H. The molecule has 2 heterocycles. The van der Waals surface area contributed by atoms with E-state index in [9.17, 15) is 0 Å². The van der Waals surface area contributed by atoms with E-state index in [4.69, 9.17) is 0 Å². The van der Waals surface area contributed by atoms with Crippen LogP contribution in [-0.4, -0.2) is 17.4 Å². The van der Waals surface area contributed by atoms with Gasteiger partial charge < -0.3 is 0 Å². The zero-order valence-corrected chi connectivity index (χ0v) is 7.88. The minimum Gasteiger partial charge on any atom is -0.246 e. The van der Waals surface area contributed by atoms with Crippen molar-refractivity contribution in [1.29, 1.82) is 0 Å². The number of nitrogens with one attached hydrogen (secondary N) is 1. The molecule has 1 aromatic heterocycles. The van der Waals surface area contributed by atoms with Crippen molar-refractivity contribution >= 4 is 23.3 Å². The van der Waals surface area contributed by atoms with Crippen LogP contribution < -0.4 is 5.53 Å². The first kappa shape index (κ1) is 8.11. The van der Waals surface area contributed by atoms with Gasteiger partial charge in [0.25, 0.3) is 0 Å². The Labute approximate surface area is 86.3 Å². The minimum absolute atomic E-state index is 0.836. The van der Waals surface area contributed by atoms with Crippen molar-refractivity contribution in [1.82, 2.24) is 10.5 Å². The molecular weight excluding hydrogens is 188 g/mol. The first-order valence-corrected chi connectivity index (χ1v) is 4.64. The Morgan fingerprint density at radius 1 is 1.00 bits per heavy atom. The topological polar surface area (TPSA) is 49.6 Å². The summed E-state index contributed by atoms with van der Waals surface area (Å²) in [6.45, 7) is 0. The highest BCUT2D eigenvalue weighted by Gasteiger charge is 2.04. The minimum atomic E-state index is 0.836. The Balaban J connectivity index is 2.35. The van der Waals surface area contributed by atoms with Gasteiger partial charge in [0.15, 0.2) is 0 Å². The summed E-state index contributed by atoms with van der Waals surface area (Å²) in [7, 11) is 0. The number of nitrogens with zero attached hydrogens (tertiary/aromatic N) is 3. The monoisotopic (exact) mass is 196 g/mol. The molecule has 0 saturated carbocycles. The van der Waals surface area contributed by atoms with E-state index in [0.29, 0.717) is 0 Å². The third-order valence-electron chi connectivity index (χ3n) is 2.29. The molecule has 1 aromatic carbocycles. The van der Waals surface area contributed by atoms with E-state index in [1.165, 1.54) is 0 Å². The predicted octanol–water partition coefficient (Wildman–Crippen LogP) is 1.51. The summed E-state index contributed by atoms with van der Waals surface area (Å²) >= 11 is 0. The van der Waals surface area contributed by atoms with Gasteiger partial charge >= 0.3 is 0 Å². The number of fused-ring (bicyclic) bond motifs is 2. The molecule has 72 valence electrons. The van der Waals surface area contributed by atoms with Gasteiger partial charge in [-0.2, -0.15) is 15.7 Å². The number of hydrogen-bond donors (Lipinski definition) is 1. The van der Waals surface area contributed by atoms with E-state index in [1.807, 2.05) is 24.3 Å². The van der Waals surface area contributed by atoms with Crippen molar-refractivity contribution < 1.29 is 0 Å². The van der Waals surface area contributed by atoms with Crippen molar-refractivity contribution in [2.24, 2.45) is 10.2 Å². The van der Waals surface area contributed by atoms with Crippen molar-refractivity contribution in [3.8, 4) is 0 Å². The second-order valence-corrected chi connectivity index (χ2v) is 3.27. The first-order chi connectivity index (χ1) is 7.43. The number of rotatable bonds is 0. The highest BCUT2D eigenvalue weighted by molar-refractivity contribution is 5.97. The summed E-state index contributed by atoms with van der Waals surface area (Å²) < 4.78 is 0. The average molecular weight is 196 g/mol. The van der Waals surface area contributed by atoms with Crippen LogP contribution in [0.3, 0.4) is 0 Å². The van der Waals surface area contributed by atoms with Crippen molar-refractivity contribution in [2.45, 2.75) is 0 Å². The number of para-hydroxylation sites is 1. The molecule has 0 radical (unpaired) electrons. The van der Waals surface area contributed by atoms with E-state index in [0.717, 1.165) is 22.2 Å². The van der Waals surface area contributed by atoms with Gasteiger partial charge in [-0.05, 0) is 12.1 Å². The number of benzene rings is 1. The summed E-state index contributed by atoms with van der Waals surface area (Å²) in [6.07, 6.45) is 3.40. The molecular formula is C11H8N4. The fourth-order valence-corrected chi connectivity index (χ4v) is 1.58. The van der Waals surface area contributed by atoms with Gasteiger partial charge in [-0.25, -0.2) is 4.98 Å². The van der Waals surface area contributed by atoms with Crippen LogP contribution in [0.2, 0.25) is 0 Å². The molecule has 0 atom stereocenters. The summed E-state index contributed by atoms with van der Waals surface area (Å²) in [6, 6.07) is 10.0. The number of hydrazone groups is 2. The zero-order valence-electron chi connectivity index (χ0n) is 7.88. The Bertz CT molecular complexity index is 521. The highest BCUT2D eigenvalue weighted by Crippen LogP contribution is 2.15. The Hall–Kier alpha value is -2.23. The van der Waals surface area contributed by atoms with Crippen LogP contribution in [0.5, 0.6) is 0 Å². The van der Waals surface area contributed by atoms with Gasteiger partial charge in [-0.3, -0.25) is 0 Å². The first-order valence-electron chi connectivity index (χ1n) is 4.64. The lowest BCUT2D eigenvalue weighted by molar-refractivity contribution is 0.821. The lowest BCUT2D eigenvalue weighted by Crippen LogP contribution is -1.95. The van der Waals surface area contributed by atoms with E-state index >= 15 is 0 Å². The van der Waals surface area contributed by atoms with Crippen LogP contribution in [0, 0.1) is 0 Å². The fourth-order valence-electron chi connectivity index (χ4n) is 1.58. The summed E-state index contributed by atoms with van der Waals surface area (Å²) in [4.78, 5) is 4.50. The van der Waals surface area contributed by atoms with Gasteiger partial charge in [0.2, 0.25) is 0 Å². The molecule has 0 fully saturated rings. The molecule has 1 N–H and O–H groups in total. The number of aromatic nitrogens is 1. The lowest BCUT2D eigenvalue weighted by Gasteiger charge is -2.01. The third-order valence-corrected chi connectivity index (χ3v) is 2.29. The molecule has 0 saturated heterocycles. The molecule has 0 unspecified atom stereocenters. The molecule has 15 heavy (non-hydrogen) atoms. The fraction of sp³-hybridized carbons (Fsp3) is 0. The third kappa shape index (κ3) is 1.36. The summed E-state index contributed by atoms with van der Waals surface area (Å²) in [5.74, 6) is 0. The summed E-state index contributed by atoms with van der Waals surface area (Å²) in [5, 5.41) is 8.90. The van der Waals surface area contributed by atoms with Crippen molar-refractivity contribution in [3.05, 3.63) is 41.6 Å². The predicted molar refractivity (Wildman–Crippen MR) is 60.1 cm³/mol. The smallest absolute Gasteiger partial charge is 0.0927 e. The molecule has 1 aliphatic rings. The normalized spacial score (nSPS) is 13.3. The quantitative estimate of drug-likeness (QED) is 0.694. The van der Waals surface area contributed by atoms with Crippen LogP contribution in [0.15, 0.2) is 40.5 Å². The van der Waals surface area contributed by atoms with Crippen LogP contribution >= 0.6 is 0 Å². The van der Waals surface area contributed by atoms with E-state index in [-0.39, 0.29) is 0 Å². The van der Waals surface area contributed by atoms with E-state index in [1.54, 1.807) is 12.4 Å². The Morgan fingerprint density at radius 2 is 1.87 bits per heavy atom. The van der Waals surface area contributed by atoms with Crippen LogP contribution in [-0.2, 0) is 0 Å². The van der Waals surface area contributed by atoms with Gasteiger partial charge in [-0.15, -0.1) is 0 Å². The van der Waals surface area contributed by atoms with Crippen LogP contribution in [0.4, 0.5) is 0 Å². The molecule has 4 nitrogen and oxygen atoms in total. The lowest BCUT2D eigenvalue weighted by atomic mass is 10.1. The molecule has 4 heteroatoms. The summed E-state index contributed by atoms with van der Waals surface area (Å²) in [5.41, 5.74) is 5.33. The van der Waals surface area contributed by atoms with Gasteiger partial charge in [0.1, 0.15) is 0 Å². The average Bonchev–Trinajstić information content (AvgIpc) is 2.50. The van der Waals surface area contributed by atoms with Crippen LogP contribution in [0.1, 0.15) is 11.3 Å². The largest absolute Gasteiger partial charge is 0.246 e. The van der Waals surface area contributed by atoms with Gasteiger partial charge in [0, 0.05) is 10.9 Å².